The predicted octanol–water partition coefficient (Wildman–Crippen LogP) is 3.54. The summed E-state index contributed by atoms with van der Waals surface area (Å²) in [4.78, 5) is 12.6. The Morgan fingerprint density at radius 2 is 1.64 bits per heavy atom. The molecular formula is C19H25NO2. The topological polar surface area (TPSA) is 38.3 Å². The third-order valence-corrected chi connectivity index (χ3v) is 5.85. The maximum absolute atomic E-state index is 12.6. The van der Waals surface area contributed by atoms with Gasteiger partial charge in [0.1, 0.15) is 5.75 Å². The van der Waals surface area contributed by atoms with Crippen molar-refractivity contribution in [3.63, 3.8) is 0 Å². The summed E-state index contributed by atoms with van der Waals surface area (Å²) in [5, 5.41) is 3.38. The van der Waals surface area contributed by atoms with Crippen molar-refractivity contribution in [3.8, 4) is 5.75 Å². The van der Waals surface area contributed by atoms with Crippen molar-refractivity contribution in [3.05, 3.63) is 30.3 Å². The zero-order chi connectivity index (χ0) is 15.2. The molecule has 4 aliphatic rings. The number of para-hydroxylation sites is 1. The van der Waals surface area contributed by atoms with E-state index in [1.165, 1.54) is 38.5 Å². The highest BCUT2D eigenvalue weighted by molar-refractivity contribution is 5.81. The molecule has 4 fully saturated rings. The van der Waals surface area contributed by atoms with E-state index in [4.69, 9.17) is 4.74 Å². The van der Waals surface area contributed by atoms with E-state index in [1.54, 1.807) is 0 Å². The molecule has 0 unspecified atom stereocenters. The molecule has 1 N–H and O–H groups in total. The molecule has 0 aromatic heterocycles. The van der Waals surface area contributed by atoms with Crippen LogP contribution in [-0.2, 0) is 4.79 Å². The number of hydrogen-bond donors (Lipinski definition) is 1. The minimum Gasteiger partial charge on any atom is -0.481 e. The molecule has 118 valence electrons. The van der Waals surface area contributed by atoms with Crippen molar-refractivity contribution >= 4 is 5.91 Å². The van der Waals surface area contributed by atoms with Crippen LogP contribution in [0.5, 0.6) is 5.75 Å². The van der Waals surface area contributed by atoms with Crippen molar-refractivity contribution in [2.75, 3.05) is 0 Å². The fraction of sp³-hybridized carbons (Fsp3) is 0.632. The predicted molar refractivity (Wildman–Crippen MR) is 85.6 cm³/mol. The highest BCUT2D eigenvalue weighted by atomic mass is 16.5. The van der Waals surface area contributed by atoms with Gasteiger partial charge in [0.25, 0.3) is 5.91 Å². The summed E-state index contributed by atoms with van der Waals surface area (Å²) in [7, 11) is 0. The van der Waals surface area contributed by atoms with E-state index in [9.17, 15) is 4.79 Å². The van der Waals surface area contributed by atoms with E-state index in [0.717, 1.165) is 23.5 Å². The quantitative estimate of drug-likeness (QED) is 0.923. The molecule has 3 heteroatoms. The zero-order valence-corrected chi connectivity index (χ0v) is 13.3. The second-order valence-electron chi connectivity index (χ2n) is 7.76. The summed E-state index contributed by atoms with van der Waals surface area (Å²) in [6.45, 7) is 1.85. The average molecular weight is 299 g/mol. The van der Waals surface area contributed by atoms with Gasteiger partial charge in [-0.15, -0.1) is 0 Å². The summed E-state index contributed by atoms with van der Waals surface area (Å²) < 4.78 is 5.78. The average Bonchev–Trinajstić information content (AvgIpc) is 2.46. The lowest BCUT2D eigenvalue weighted by Gasteiger charge is -2.57. The number of ether oxygens (including phenoxy) is 1. The number of rotatable bonds is 4. The van der Waals surface area contributed by atoms with E-state index in [1.807, 2.05) is 37.3 Å². The van der Waals surface area contributed by atoms with Gasteiger partial charge in [-0.2, -0.15) is 0 Å². The second kappa shape index (κ2) is 5.29. The Balaban J connectivity index is 1.41. The molecule has 0 spiro atoms. The van der Waals surface area contributed by atoms with Crippen LogP contribution < -0.4 is 10.1 Å². The largest absolute Gasteiger partial charge is 0.481 e. The first-order chi connectivity index (χ1) is 10.6. The molecule has 0 radical (unpaired) electrons. The van der Waals surface area contributed by atoms with Crippen LogP contribution in [0.25, 0.3) is 0 Å². The second-order valence-corrected chi connectivity index (χ2v) is 7.76. The minimum atomic E-state index is -0.435. The number of nitrogens with one attached hydrogen (secondary N) is 1. The molecule has 0 aliphatic heterocycles. The summed E-state index contributed by atoms with van der Waals surface area (Å²) >= 11 is 0. The van der Waals surface area contributed by atoms with Crippen molar-refractivity contribution in [2.45, 2.75) is 57.1 Å². The van der Waals surface area contributed by atoms with Crippen molar-refractivity contribution in [1.82, 2.24) is 5.32 Å². The lowest BCUT2D eigenvalue weighted by Crippen LogP contribution is -2.61. The molecule has 0 saturated heterocycles. The van der Waals surface area contributed by atoms with Crippen LogP contribution >= 0.6 is 0 Å². The molecule has 1 aromatic rings. The summed E-state index contributed by atoms with van der Waals surface area (Å²) in [5.74, 6) is 3.34. The van der Waals surface area contributed by atoms with E-state index < -0.39 is 6.10 Å². The fourth-order valence-electron chi connectivity index (χ4n) is 5.38. The molecule has 1 aromatic carbocycles. The fourth-order valence-corrected chi connectivity index (χ4v) is 5.38. The smallest absolute Gasteiger partial charge is 0.261 e. The van der Waals surface area contributed by atoms with Gasteiger partial charge in [0.15, 0.2) is 6.10 Å². The maximum Gasteiger partial charge on any atom is 0.261 e. The van der Waals surface area contributed by atoms with E-state index >= 15 is 0 Å². The molecule has 3 nitrogen and oxygen atoms in total. The SMILES string of the molecule is C[C@@H](Oc1ccccc1)C(=O)NC12CC3CC(CC(C3)C1)C2. The first-order valence-corrected chi connectivity index (χ1v) is 8.66. The summed E-state index contributed by atoms with van der Waals surface area (Å²) in [5.41, 5.74) is 0.0696. The lowest BCUT2D eigenvalue weighted by molar-refractivity contribution is -0.133. The van der Waals surface area contributed by atoms with Crippen molar-refractivity contribution < 1.29 is 9.53 Å². The highest BCUT2D eigenvalue weighted by Gasteiger charge is 2.51. The van der Waals surface area contributed by atoms with Gasteiger partial charge in [-0.1, -0.05) is 18.2 Å². The van der Waals surface area contributed by atoms with Crippen LogP contribution in [-0.4, -0.2) is 17.6 Å². The van der Waals surface area contributed by atoms with Crippen LogP contribution in [0.4, 0.5) is 0 Å². The Bertz CT molecular complexity index is 519. The Kier molecular flexibility index (Phi) is 3.39. The lowest BCUT2D eigenvalue weighted by atomic mass is 9.53. The van der Waals surface area contributed by atoms with Crippen LogP contribution in [0.1, 0.15) is 45.4 Å². The zero-order valence-electron chi connectivity index (χ0n) is 13.3. The van der Waals surface area contributed by atoms with Crippen molar-refractivity contribution in [2.24, 2.45) is 17.8 Å². The number of carbonyl (C=O) groups excluding carboxylic acids is 1. The Morgan fingerprint density at radius 1 is 1.09 bits per heavy atom. The maximum atomic E-state index is 12.6. The minimum absolute atomic E-state index is 0.0470. The molecule has 4 aliphatic carbocycles. The number of benzene rings is 1. The Labute approximate surface area is 132 Å². The van der Waals surface area contributed by atoms with Crippen LogP contribution in [0, 0.1) is 17.8 Å². The standard InChI is InChI=1S/C19H25NO2/c1-13(22-17-5-3-2-4-6-17)18(21)20-19-10-14-7-15(11-19)9-16(8-14)12-19/h2-6,13-16H,7-12H2,1H3,(H,20,21)/t13-,14?,15?,16?,19?/m1/s1. The van der Waals surface area contributed by atoms with Gasteiger partial charge >= 0.3 is 0 Å². The van der Waals surface area contributed by atoms with E-state index in [-0.39, 0.29) is 11.4 Å². The molecule has 1 atom stereocenters. The first-order valence-electron chi connectivity index (χ1n) is 8.66. The molecule has 4 saturated carbocycles. The molecule has 1 amide bonds. The molecule has 0 heterocycles. The Hall–Kier alpha value is -1.51. The van der Waals surface area contributed by atoms with E-state index in [2.05, 4.69) is 5.32 Å². The summed E-state index contributed by atoms with van der Waals surface area (Å²) in [6.07, 6.45) is 7.30. The molecular weight excluding hydrogens is 274 g/mol. The van der Waals surface area contributed by atoms with Crippen LogP contribution in [0.2, 0.25) is 0 Å². The number of amides is 1. The van der Waals surface area contributed by atoms with Gasteiger partial charge in [-0.25, -0.2) is 0 Å². The third-order valence-electron chi connectivity index (χ3n) is 5.85. The van der Waals surface area contributed by atoms with Gasteiger partial charge in [0.05, 0.1) is 0 Å². The summed E-state index contributed by atoms with van der Waals surface area (Å²) in [6, 6.07) is 9.61. The number of hydrogen-bond acceptors (Lipinski definition) is 2. The van der Waals surface area contributed by atoms with Crippen LogP contribution in [0.3, 0.4) is 0 Å². The van der Waals surface area contributed by atoms with Gasteiger partial charge in [0.2, 0.25) is 0 Å². The van der Waals surface area contributed by atoms with Gasteiger partial charge < -0.3 is 10.1 Å². The van der Waals surface area contributed by atoms with Crippen molar-refractivity contribution in [1.29, 1.82) is 0 Å². The monoisotopic (exact) mass is 299 g/mol. The molecule has 5 rings (SSSR count). The Morgan fingerprint density at radius 3 is 2.18 bits per heavy atom. The van der Waals surface area contributed by atoms with Crippen LogP contribution in [0.15, 0.2) is 30.3 Å². The number of carbonyl (C=O) groups is 1. The van der Waals surface area contributed by atoms with Gasteiger partial charge in [-0.05, 0) is 75.3 Å². The molecule has 4 bridgehead atoms. The molecule has 22 heavy (non-hydrogen) atoms. The third kappa shape index (κ3) is 2.62. The van der Waals surface area contributed by atoms with E-state index in [0.29, 0.717) is 0 Å². The highest BCUT2D eigenvalue weighted by Crippen LogP contribution is 2.55. The van der Waals surface area contributed by atoms with Gasteiger partial charge in [0, 0.05) is 5.54 Å². The normalized spacial score (nSPS) is 36.9. The van der Waals surface area contributed by atoms with Gasteiger partial charge in [-0.3, -0.25) is 4.79 Å². The first kappa shape index (κ1) is 14.1.